The molecule has 0 amide bonds. The highest BCUT2D eigenvalue weighted by Crippen LogP contribution is 2.33. The fourth-order valence-corrected chi connectivity index (χ4v) is 3.20. The molecular weight excluding hydrogens is 331 g/mol. The maximum absolute atomic E-state index is 8.92. The zero-order valence-corrected chi connectivity index (χ0v) is 14.7. The maximum atomic E-state index is 8.92. The molecule has 0 fully saturated rings. The Morgan fingerprint density at radius 1 is 0.481 bits per heavy atom. The molecule has 27 heavy (non-hydrogen) atoms. The third kappa shape index (κ3) is 3.94. The van der Waals surface area contributed by atoms with E-state index in [-0.39, 0.29) is 0 Å². The fraction of sp³-hybridized carbons (Fsp3) is 0. The first-order valence-corrected chi connectivity index (χ1v) is 8.82. The Morgan fingerprint density at radius 3 is 1.48 bits per heavy atom. The molecule has 4 rings (SSSR count). The number of hydrogen-bond donors (Lipinski definition) is 1. The van der Waals surface area contributed by atoms with Gasteiger partial charge in [0.15, 0.2) is 0 Å². The minimum absolute atomic E-state index is 0.598. The summed E-state index contributed by atoms with van der Waals surface area (Å²) in [5.74, 6) is 0.598. The lowest BCUT2D eigenvalue weighted by Crippen LogP contribution is -1.99. The molecule has 0 bridgehead atoms. The number of hydrogen-bond acceptors (Lipinski definition) is 2. The van der Waals surface area contributed by atoms with E-state index in [1.54, 1.807) is 0 Å². The molecule has 0 aliphatic rings. The summed E-state index contributed by atoms with van der Waals surface area (Å²) < 4.78 is 5.13. The van der Waals surface area contributed by atoms with Crippen LogP contribution >= 0.6 is 0 Å². The molecule has 0 aliphatic carbocycles. The first-order valence-electron chi connectivity index (χ1n) is 8.82. The van der Waals surface area contributed by atoms with E-state index in [2.05, 4.69) is 66.7 Å². The predicted octanol–water partition coefficient (Wildman–Crippen LogP) is 5.59. The molecule has 0 aliphatic heterocycles. The number of rotatable bonds is 5. The van der Waals surface area contributed by atoms with E-state index in [0.29, 0.717) is 13.4 Å². The average Bonchev–Trinajstić information content (AvgIpc) is 2.75. The van der Waals surface area contributed by atoms with Crippen molar-refractivity contribution in [2.45, 2.75) is 0 Å². The largest absolute Gasteiger partial charge is 0.569 e. The summed E-state index contributed by atoms with van der Waals surface area (Å²) in [4.78, 5) is 0. The summed E-state index contributed by atoms with van der Waals surface area (Å²) in [7, 11) is 0.703. The Kier molecular flexibility index (Phi) is 5.04. The van der Waals surface area contributed by atoms with Crippen molar-refractivity contribution in [3.8, 4) is 39.1 Å². The monoisotopic (exact) mass is 349 g/mol. The molecule has 0 spiro atoms. The molecule has 4 aromatic carbocycles. The molecule has 0 saturated heterocycles. The molecule has 1 N–H and O–H groups in total. The van der Waals surface area contributed by atoms with Crippen LogP contribution in [0, 0.1) is 0 Å². The Balaban J connectivity index is 1.87. The van der Waals surface area contributed by atoms with Crippen molar-refractivity contribution in [3.63, 3.8) is 0 Å². The minimum atomic E-state index is 0.598. The first-order chi connectivity index (χ1) is 13.3. The summed E-state index contributed by atoms with van der Waals surface area (Å²) in [6.45, 7) is 0. The van der Waals surface area contributed by atoms with Crippen molar-refractivity contribution in [1.29, 1.82) is 0 Å². The van der Waals surface area contributed by atoms with E-state index in [1.165, 1.54) is 11.1 Å². The maximum Gasteiger partial charge on any atom is 0.569 e. The summed E-state index contributed by atoms with van der Waals surface area (Å²) in [6, 6.07) is 35.0. The van der Waals surface area contributed by atoms with Crippen LogP contribution in [-0.2, 0) is 0 Å². The molecule has 0 atom stereocenters. The highest BCUT2D eigenvalue weighted by molar-refractivity contribution is 6.17. The second kappa shape index (κ2) is 7.94. The molecule has 0 saturated carbocycles. The zero-order valence-electron chi connectivity index (χ0n) is 14.7. The van der Waals surface area contributed by atoms with Crippen molar-refractivity contribution < 1.29 is 9.68 Å². The van der Waals surface area contributed by atoms with Crippen molar-refractivity contribution in [2.24, 2.45) is 0 Å². The Bertz CT molecular complexity index is 973. The van der Waals surface area contributed by atoms with Crippen LogP contribution in [0.2, 0.25) is 0 Å². The van der Waals surface area contributed by atoms with Crippen LogP contribution in [0.1, 0.15) is 0 Å². The van der Waals surface area contributed by atoms with Crippen LogP contribution in [0.5, 0.6) is 5.75 Å². The Morgan fingerprint density at radius 2 is 0.963 bits per heavy atom. The lowest BCUT2D eigenvalue weighted by Gasteiger charge is -2.12. The predicted molar refractivity (Wildman–Crippen MR) is 111 cm³/mol. The van der Waals surface area contributed by atoms with Gasteiger partial charge in [0, 0.05) is 0 Å². The fourth-order valence-electron chi connectivity index (χ4n) is 3.20. The lowest BCUT2D eigenvalue weighted by atomic mass is 9.93. The van der Waals surface area contributed by atoms with Gasteiger partial charge in [0.2, 0.25) is 0 Å². The molecular formula is C24H18BO2. The van der Waals surface area contributed by atoms with Gasteiger partial charge in [0.05, 0.1) is 0 Å². The van der Waals surface area contributed by atoms with Crippen LogP contribution in [0.15, 0.2) is 103 Å². The number of benzene rings is 4. The van der Waals surface area contributed by atoms with Crippen LogP contribution in [0.3, 0.4) is 0 Å². The summed E-state index contributed by atoms with van der Waals surface area (Å²) in [5.41, 5.74) is 6.79. The standard InChI is InChI=1S/C24H18BO2/c26-25-27-24-13-7-12-20(17-24)23-15-21(18-8-3-1-4-9-18)14-22(16-23)19-10-5-2-6-11-19/h1-17,26H. The van der Waals surface area contributed by atoms with Crippen molar-refractivity contribution in [2.75, 3.05) is 0 Å². The van der Waals surface area contributed by atoms with Crippen LogP contribution in [-0.4, -0.2) is 12.7 Å². The van der Waals surface area contributed by atoms with Crippen molar-refractivity contribution in [3.05, 3.63) is 103 Å². The quantitative estimate of drug-likeness (QED) is 0.476. The van der Waals surface area contributed by atoms with Crippen LogP contribution in [0.4, 0.5) is 0 Å². The van der Waals surface area contributed by atoms with Crippen LogP contribution in [0.25, 0.3) is 33.4 Å². The smallest absolute Gasteiger partial charge is 0.537 e. The second-order valence-electron chi connectivity index (χ2n) is 6.28. The molecule has 0 heterocycles. The van der Waals surface area contributed by atoms with Gasteiger partial charge < -0.3 is 9.68 Å². The second-order valence-corrected chi connectivity index (χ2v) is 6.28. The normalized spacial score (nSPS) is 10.4. The van der Waals surface area contributed by atoms with Crippen LogP contribution < -0.4 is 4.65 Å². The van der Waals surface area contributed by atoms with E-state index >= 15 is 0 Å². The van der Waals surface area contributed by atoms with Gasteiger partial charge in [-0.05, 0) is 63.7 Å². The van der Waals surface area contributed by atoms with E-state index in [1.807, 2.05) is 36.4 Å². The zero-order chi connectivity index (χ0) is 18.5. The highest BCUT2D eigenvalue weighted by Gasteiger charge is 2.08. The summed E-state index contributed by atoms with van der Waals surface area (Å²) in [5, 5.41) is 8.92. The third-order valence-corrected chi connectivity index (χ3v) is 4.50. The molecule has 4 aromatic rings. The van der Waals surface area contributed by atoms with Gasteiger partial charge in [0.25, 0.3) is 0 Å². The van der Waals surface area contributed by atoms with Crippen molar-refractivity contribution >= 4 is 7.69 Å². The average molecular weight is 349 g/mol. The topological polar surface area (TPSA) is 29.5 Å². The Hall–Kier alpha value is -3.30. The minimum Gasteiger partial charge on any atom is -0.537 e. The third-order valence-electron chi connectivity index (χ3n) is 4.50. The molecule has 1 radical (unpaired) electrons. The van der Waals surface area contributed by atoms with E-state index in [9.17, 15) is 0 Å². The van der Waals surface area contributed by atoms with Gasteiger partial charge in [-0.1, -0.05) is 72.8 Å². The van der Waals surface area contributed by atoms with Crippen molar-refractivity contribution in [1.82, 2.24) is 0 Å². The van der Waals surface area contributed by atoms with Gasteiger partial charge in [-0.2, -0.15) is 0 Å². The summed E-state index contributed by atoms with van der Waals surface area (Å²) >= 11 is 0. The molecule has 0 unspecified atom stereocenters. The first kappa shape index (κ1) is 17.1. The molecule has 0 aromatic heterocycles. The van der Waals surface area contributed by atoms with Gasteiger partial charge in [-0.3, -0.25) is 0 Å². The SMILES string of the molecule is O[B]Oc1cccc(-c2cc(-c3ccccc3)cc(-c3ccccc3)c2)c1. The molecule has 3 heteroatoms. The van der Waals surface area contributed by atoms with E-state index in [4.69, 9.17) is 9.68 Å². The molecule has 2 nitrogen and oxygen atoms in total. The Labute approximate surface area is 160 Å². The van der Waals surface area contributed by atoms with E-state index in [0.717, 1.165) is 22.3 Å². The lowest BCUT2D eigenvalue weighted by molar-refractivity contribution is 0.454. The summed E-state index contributed by atoms with van der Waals surface area (Å²) in [6.07, 6.45) is 0. The molecule has 129 valence electrons. The van der Waals surface area contributed by atoms with Gasteiger partial charge >= 0.3 is 7.69 Å². The van der Waals surface area contributed by atoms with Gasteiger partial charge in [-0.15, -0.1) is 0 Å². The highest BCUT2D eigenvalue weighted by atomic mass is 16.5. The van der Waals surface area contributed by atoms with E-state index < -0.39 is 0 Å². The van der Waals surface area contributed by atoms with Gasteiger partial charge in [-0.25, -0.2) is 0 Å². The van der Waals surface area contributed by atoms with Gasteiger partial charge in [0.1, 0.15) is 5.75 Å².